The lowest BCUT2D eigenvalue weighted by molar-refractivity contribution is 0.101. The number of hydrogen-bond donors (Lipinski definition) is 1. The fourth-order valence-electron chi connectivity index (χ4n) is 2.98. The number of nitrogens with one attached hydrogen (secondary N) is 1. The first-order chi connectivity index (χ1) is 14.7. The van der Waals surface area contributed by atoms with Crippen molar-refractivity contribution in [1.82, 2.24) is 0 Å². The quantitative estimate of drug-likeness (QED) is 0.564. The predicted molar refractivity (Wildman–Crippen MR) is 119 cm³/mol. The Morgan fingerprint density at radius 2 is 1.61 bits per heavy atom. The van der Waals surface area contributed by atoms with E-state index in [4.69, 9.17) is 4.74 Å². The van der Waals surface area contributed by atoms with Gasteiger partial charge in [0.1, 0.15) is 5.75 Å². The van der Waals surface area contributed by atoms with Crippen LogP contribution in [0.5, 0.6) is 5.75 Å². The van der Waals surface area contributed by atoms with E-state index in [1.54, 1.807) is 61.7 Å². The summed E-state index contributed by atoms with van der Waals surface area (Å²) in [5.74, 6) is -0.0451. The maximum absolute atomic E-state index is 13.2. The topological polar surface area (TPSA) is 92.8 Å². The molecule has 1 N–H and O–H groups in total. The minimum absolute atomic E-state index is 0.0342. The lowest BCUT2D eigenvalue weighted by atomic mass is 10.1. The number of benzene rings is 3. The van der Waals surface area contributed by atoms with Crippen LogP contribution in [0.15, 0.2) is 77.7 Å². The Bertz CT molecular complexity index is 1220. The van der Waals surface area contributed by atoms with Gasteiger partial charge in [-0.15, -0.1) is 0 Å². The first-order valence-electron chi connectivity index (χ1n) is 9.38. The van der Waals surface area contributed by atoms with E-state index in [1.165, 1.54) is 32.2 Å². The first kappa shape index (κ1) is 22.0. The molecule has 8 heteroatoms. The Labute approximate surface area is 181 Å². The zero-order valence-corrected chi connectivity index (χ0v) is 18.1. The number of ether oxygens (including phenoxy) is 1. The van der Waals surface area contributed by atoms with Crippen LogP contribution in [0.4, 0.5) is 11.4 Å². The number of Topliss-reactive ketones (excluding diaryl/α,β-unsaturated/α-hetero) is 1. The van der Waals surface area contributed by atoms with Crippen LogP contribution in [0.1, 0.15) is 27.6 Å². The van der Waals surface area contributed by atoms with Gasteiger partial charge in [-0.05, 0) is 55.5 Å². The second kappa shape index (κ2) is 9.01. The summed E-state index contributed by atoms with van der Waals surface area (Å²) in [5, 5.41) is 2.76. The van der Waals surface area contributed by atoms with Crippen LogP contribution < -0.4 is 14.4 Å². The molecule has 0 radical (unpaired) electrons. The highest BCUT2D eigenvalue weighted by Crippen LogP contribution is 2.27. The molecular formula is C23H22N2O5S. The molecule has 3 aromatic carbocycles. The number of carbonyl (C=O) groups is 2. The molecule has 0 spiro atoms. The van der Waals surface area contributed by atoms with Crippen molar-refractivity contribution >= 4 is 33.1 Å². The van der Waals surface area contributed by atoms with Gasteiger partial charge in [0.25, 0.3) is 15.9 Å². The van der Waals surface area contributed by atoms with Gasteiger partial charge in [-0.25, -0.2) is 8.42 Å². The first-order valence-corrected chi connectivity index (χ1v) is 10.8. The van der Waals surface area contributed by atoms with Crippen molar-refractivity contribution in [3.05, 3.63) is 83.9 Å². The molecule has 0 saturated carbocycles. The second-order valence-electron chi connectivity index (χ2n) is 6.76. The van der Waals surface area contributed by atoms with E-state index in [9.17, 15) is 18.0 Å². The van der Waals surface area contributed by atoms with Crippen molar-refractivity contribution in [2.75, 3.05) is 23.8 Å². The number of methoxy groups -OCH3 is 1. The fraction of sp³-hybridized carbons (Fsp3) is 0.130. The monoisotopic (exact) mass is 438 g/mol. The highest BCUT2D eigenvalue weighted by atomic mass is 32.2. The number of hydrogen-bond acceptors (Lipinski definition) is 5. The number of carbonyl (C=O) groups excluding carboxylic acids is 2. The molecular weight excluding hydrogens is 416 g/mol. The molecule has 0 unspecified atom stereocenters. The summed E-state index contributed by atoms with van der Waals surface area (Å²) in [6, 6.07) is 19.0. The minimum atomic E-state index is -4.00. The molecule has 0 heterocycles. The largest absolute Gasteiger partial charge is 0.497 e. The van der Waals surface area contributed by atoms with E-state index < -0.39 is 15.9 Å². The van der Waals surface area contributed by atoms with E-state index in [1.807, 2.05) is 0 Å². The summed E-state index contributed by atoms with van der Waals surface area (Å²) >= 11 is 0. The molecule has 3 rings (SSSR count). The molecule has 3 aromatic rings. The van der Waals surface area contributed by atoms with Crippen molar-refractivity contribution in [2.24, 2.45) is 0 Å². The second-order valence-corrected chi connectivity index (χ2v) is 8.73. The summed E-state index contributed by atoms with van der Waals surface area (Å²) in [5.41, 5.74) is 1.23. The lowest BCUT2D eigenvalue weighted by Crippen LogP contribution is -2.29. The van der Waals surface area contributed by atoms with Crippen LogP contribution in [0.3, 0.4) is 0 Å². The molecule has 0 aliphatic rings. The van der Waals surface area contributed by atoms with Crippen molar-refractivity contribution in [1.29, 1.82) is 0 Å². The van der Waals surface area contributed by atoms with E-state index in [-0.39, 0.29) is 21.9 Å². The van der Waals surface area contributed by atoms with Crippen LogP contribution in [-0.2, 0) is 10.0 Å². The molecule has 160 valence electrons. The average Bonchev–Trinajstić information content (AvgIpc) is 2.79. The van der Waals surface area contributed by atoms with Crippen LogP contribution >= 0.6 is 0 Å². The minimum Gasteiger partial charge on any atom is -0.497 e. The highest BCUT2D eigenvalue weighted by Gasteiger charge is 2.25. The summed E-state index contributed by atoms with van der Waals surface area (Å²) in [7, 11) is -1.08. The van der Waals surface area contributed by atoms with E-state index in [0.717, 1.165) is 4.31 Å². The van der Waals surface area contributed by atoms with Gasteiger partial charge in [0.15, 0.2) is 5.78 Å². The molecule has 31 heavy (non-hydrogen) atoms. The Kier molecular flexibility index (Phi) is 6.41. The van der Waals surface area contributed by atoms with Crippen molar-refractivity contribution < 1.29 is 22.7 Å². The van der Waals surface area contributed by atoms with E-state index in [0.29, 0.717) is 17.0 Å². The van der Waals surface area contributed by atoms with Gasteiger partial charge in [0.2, 0.25) is 0 Å². The fourth-order valence-corrected chi connectivity index (χ4v) is 4.24. The normalized spacial score (nSPS) is 10.9. The van der Waals surface area contributed by atoms with Gasteiger partial charge in [-0.3, -0.25) is 13.9 Å². The Morgan fingerprint density at radius 3 is 2.26 bits per heavy atom. The number of amides is 1. The van der Waals surface area contributed by atoms with Crippen LogP contribution in [0.2, 0.25) is 0 Å². The Hall–Kier alpha value is -3.65. The third-order valence-electron chi connectivity index (χ3n) is 4.73. The molecule has 0 bridgehead atoms. The van der Waals surface area contributed by atoms with E-state index >= 15 is 0 Å². The SMILES string of the molecule is COc1ccc(NC(=O)c2ccccc2N(C)S(=O)(=O)c2cccc(C(C)=O)c2)cc1. The smallest absolute Gasteiger partial charge is 0.264 e. The molecule has 1 amide bonds. The Morgan fingerprint density at radius 1 is 0.935 bits per heavy atom. The summed E-state index contributed by atoms with van der Waals surface area (Å²) < 4.78 is 32.5. The number of ketones is 1. The number of rotatable bonds is 7. The third kappa shape index (κ3) is 4.75. The number of nitrogens with zero attached hydrogens (tertiary/aromatic N) is 1. The van der Waals surface area contributed by atoms with Crippen LogP contribution in [0.25, 0.3) is 0 Å². The average molecular weight is 439 g/mol. The molecule has 0 aliphatic heterocycles. The van der Waals surface area contributed by atoms with Gasteiger partial charge in [0, 0.05) is 18.3 Å². The number of anilines is 2. The maximum Gasteiger partial charge on any atom is 0.264 e. The van der Waals surface area contributed by atoms with E-state index in [2.05, 4.69) is 5.32 Å². The molecule has 0 saturated heterocycles. The summed E-state index contributed by atoms with van der Waals surface area (Å²) in [6.45, 7) is 1.37. The Balaban J connectivity index is 1.93. The van der Waals surface area contributed by atoms with Gasteiger partial charge < -0.3 is 10.1 Å². The molecule has 0 aliphatic carbocycles. The van der Waals surface area contributed by atoms with Crippen LogP contribution in [0, 0.1) is 0 Å². The number of para-hydroxylation sites is 1. The highest BCUT2D eigenvalue weighted by molar-refractivity contribution is 7.92. The molecule has 0 atom stereocenters. The summed E-state index contributed by atoms with van der Waals surface area (Å²) in [4.78, 5) is 24.5. The van der Waals surface area contributed by atoms with Gasteiger partial charge in [-0.2, -0.15) is 0 Å². The zero-order chi connectivity index (χ0) is 22.6. The van der Waals surface area contributed by atoms with Crippen molar-refractivity contribution in [3.63, 3.8) is 0 Å². The lowest BCUT2D eigenvalue weighted by Gasteiger charge is -2.22. The van der Waals surface area contributed by atoms with Gasteiger partial charge in [-0.1, -0.05) is 24.3 Å². The molecule has 0 fully saturated rings. The van der Waals surface area contributed by atoms with Crippen LogP contribution in [-0.4, -0.2) is 34.3 Å². The van der Waals surface area contributed by atoms with Gasteiger partial charge >= 0.3 is 0 Å². The van der Waals surface area contributed by atoms with Crippen molar-refractivity contribution in [3.8, 4) is 5.75 Å². The predicted octanol–water partition coefficient (Wildman–Crippen LogP) is 3.98. The zero-order valence-electron chi connectivity index (χ0n) is 17.3. The van der Waals surface area contributed by atoms with Crippen molar-refractivity contribution in [2.45, 2.75) is 11.8 Å². The standard InChI is InChI=1S/C23H22N2O5S/c1-16(26)17-7-6-8-20(15-17)31(28,29)25(2)22-10-5-4-9-21(22)23(27)24-18-11-13-19(30-3)14-12-18/h4-15H,1-3H3,(H,24,27). The summed E-state index contributed by atoms with van der Waals surface area (Å²) in [6.07, 6.45) is 0. The number of sulfonamides is 1. The molecule has 7 nitrogen and oxygen atoms in total. The molecule has 0 aromatic heterocycles. The third-order valence-corrected chi connectivity index (χ3v) is 6.50. The van der Waals surface area contributed by atoms with Gasteiger partial charge in [0.05, 0.1) is 23.3 Å². The maximum atomic E-state index is 13.2.